The van der Waals surface area contributed by atoms with E-state index in [0.717, 1.165) is 5.56 Å². The number of nitrogens with zero attached hydrogens (tertiary/aromatic N) is 2. The largest absolute Gasteiger partial charge is 0.454 e. The summed E-state index contributed by atoms with van der Waals surface area (Å²) < 4.78 is 15.8. The monoisotopic (exact) mass is 394 g/mol. The second kappa shape index (κ2) is 6.59. The highest BCUT2D eigenvalue weighted by Crippen LogP contribution is 2.40. The number of halogens is 3. The highest BCUT2D eigenvalue weighted by Gasteiger charge is 2.19. The molecule has 5 nitrogen and oxygen atoms in total. The molecule has 0 saturated carbocycles. The Bertz CT molecular complexity index is 985. The van der Waals surface area contributed by atoms with Crippen molar-refractivity contribution < 1.29 is 14.0 Å². The Kier molecular flexibility index (Phi) is 4.29. The average Bonchev–Trinajstić information content (AvgIpc) is 3.24. The maximum Gasteiger partial charge on any atom is 0.269 e. The van der Waals surface area contributed by atoms with Crippen molar-refractivity contribution in [3.8, 4) is 22.9 Å². The molecule has 0 atom stereocenters. The molecule has 3 aromatic rings. The summed E-state index contributed by atoms with van der Waals surface area (Å²) in [5.74, 6) is 1.61. The molecule has 1 aromatic heterocycles. The molecule has 8 heteroatoms. The predicted octanol–water partition coefficient (Wildman–Crippen LogP) is 5.51. The molecule has 126 valence electrons. The minimum Gasteiger partial charge on any atom is -0.454 e. The molecule has 0 radical (unpaired) electrons. The van der Waals surface area contributed by atoms with E-state index in [1.165, 1.54) is 0 Å². The molecule has 0 N–H and O–H groups in total. The van der Waals surface area contributed by atoms with Gasteiger partial charge in [-0.25, -0.2) is 0 Å². The quantitative estimate of drug-likeness (QED) is 0.585. The number of fused-ring (bicyclic) bond motifs is 1. The molecular formula is C17H9Cl3N2O3. The zero-order valence-corrected chi connectivity index (χ0v) is 14.8. The first kappa shape index (κ1) is 16.3. The molecule has 0 unspecified atom stereocenters. The Balaban J connectivity index is 1.66. The van der Waals surface area contributed by atoms with Gasteiger partial charge in [-0.05, 0) is 35.9 Å². The first-order chi connectivity index (χ1) is 12.1. The zero-order chi connectivity index (χ0) is 17.4. The first-order valence-electron chi connectivity index (χ1n) is 7.17. The minimum absolute atomic E-state index is 0.140. The van der Waals surface area contributed by atoms with Crippen LogP contribution in [0.1, 0.15) is 11.5 Å². The average molecular weight is 396 g/mol. The van der Waals surface area contributed by atoms with Crippen molar-refractivity contribution in [1.82, 2.24) is 10.1 Å². The summed E-state index contributed by atoms with van der Waals surface area (Å²) in [4.78, 5) is 4.28. The van der Waals surface area contributed by atoms with E-state index in [0.29, 0.717) is 32.9 Å². The molecule has 0 amide bonds. The Hall–Kier alpha value is -2.21. The summed E-state index contributed by atoms with van der Waals surface area (Å²) in [6.45, 7) is 0.140. The lowest BCUT2D eigenvalue weighted by atomic mass is 10.2. The summed E-state index contributed by atoms with van der Waals surface area (Å²) in [5, 5.41) is 5.15. The van der Waals surface area contributed by atoms with Gasteiger partial charge in [-0.2, -0.15) is 4.98 Å². The molecule has 0 bridgehead atoms. The van der Waals surface area contributed by atoms with E-state index in [1.807, 2.05) is 12.1 Å². The SMILES string of the molecule is Cl/C(=C\c1cc(Cl)c2c(c1)OCO2)c1nc(-c2ccccc2Cl)no1. The first-order valence-corrected chi connectivity index (χ1v) is 8.30. The molecule has 0 fully saturated rings. The van der Waals surface area contributed by atoms with Crippen LogP contribution in [0.15, 0.2) is 40.9 Å². The Morgan fingerprint density at radius 3 is 2.76 bits per heavy atom. The number of hydrogen-bond acceptors (Lipinski definition) is 5. The van der Waals surface area contributed by atoms with Crippen LogP contribution >= 0.6 is 34.8 Å². The summed E-state index contributed by atoms with van der Waals surface area (Å²) in [7, 11) is 0. The van der Waals surface area contributed by atoms with Crippen molar-refractivity contribution in [2.75, 3.05) is 6.79 Å². The van der Waals surface area contributed by atoms with Gasteiger partial charge >= 0.3 is 0 Å². The summed E-state index contributed by atoms with van der Waals surface area (Å²) in [5.41, 5.74) is 1.38. The van der Waals surface area contributed by atoms with Crippen LogP contribution in [-0.4, -0.2) is 16.9 Å². The topological polar surface area (TPSA) is 57.4 Å². The van der Waals surface area contributed by atoms with Crippen molar-refractivity contribution in [2.45, 2.75) is 0 Å². The maximum atomic E-state index is 6.30. The third-order valence-electron chi connectivity index (χ3n) is 3.49. The van der Waals surface area contributed by atoms with Crippen molar-refractivity contribution >= 4 is 45.9 Å². The highest BCUT2D eigenvalue weighted by molar-refractivity contribution is 6.50. The van der Waals surface area contributed by atoms with Gasteiger partial charge in [0, 0.05) is 5.56 Å². The molecule has 0 aliphatic carbocycles. The van der Waals surface area contributed by atoms with Gasteiger partial charge in [0.1, 0.15) is 5.03 Å². The number of hydrogen-bond donors (Lipinski definition) is 0. The zero-order valence-electron chi connectivity index (χ0n) is 12.5. The maximum absolute atomic E-state index is 6.30. The lowest BCUT2D eigenvalue weighted by Crippen LogP contribution is -1.93. The fourth-order valence-corrected chi connectivity index (χ4v) is 3.05. The van der Waals surface area contributed by atoms with Crippen LogP contribution in [0.2, 0.25) is 10.0 Å². The van der Waals surface area contributed by atoms with Gasteiger partial charge < -0.3 is 14.0 Å². The van der Waals surface area contributed by atoms with Gasteiger partial charge in [0.05, 0.1) is 10.0 Å². The number of benzene rings is 2. The van der Waals surface area contributed by atoms with E-state index in [9.17, 15) is 0 Å². The second-order valence-corrected chi connectivity index (χ2v) is 6.35. The van der Waals surface area contributed by atoms with E-state index >= 15 is 0 Å². The van der Waals surface area contributed by atoms with Crippen molar-refractivity contribution in [2.24, 2.45) is 0 Å². The number of aromatic nitrogens is 2. The molecule has 1 aliphatic rings. The van der Waals surface area contributed by atoms with Crippen LogP contribution in [0.25, 0.3) is 22.5 Å². The van der Waals surface area contributed by atoms with Gasteiger partial charge in [-0.15, -0.1) is 0 Å². The lowest BCUT2D eigenvalue weighted by molar-refractivity contribution is 0.174. The van der Waals surface area contributed by atoms with Crippen LogP contribution in [0.5, 0.6) is 11.5 Å². The lowest BCUT2D eigenvalue weighted by Gasteiger charge is -2.01. The Morgan fingerprint density at radius 1 is 1.08 bits per heavy atom. The van der Waals surface area contributed by atoms with Gasteiger partial charge in [0.2, 0.25) is 12.6 Å². The van der Waals surface area contributed by atoms with Crippen molar-refractivity contribution in [1.29, 1.82) is 0 Å². The predicted molar refractivity (Wildman–Crippen MR) is 96.0 cm³/mol. The summed E-state index contributed by atoms with van der Waals surface area (Å²) in [6.07, 6.45) is 1.65. The third-order valence-corrected chi connectivity index (χ3v) is 4.37. The second-order valence-electron chi connectivity index (χ2n) is 5.13. The fraction of sp³-hybridized carbons (Fsp3) is 0.0588. The van der Waals surface area contributed by atoms with E-state index in [4.69, 9.17) is 48.8 Å². The normalized spacial score (nSPS) is 13.3. The molecule has 25 heavy (non-hydrogen) atoms. The molecule has 2 heterocycles. The van der Waals surface area contributed by atoms with Crippen LogP contribution < -0.4 is 9.47 Å². The molecule has 0 saturated heterocycles. The number of rotatable bonds is 3. The Labute approximate surface area is 157 Å². The van der Waals surface area contributed by atoms with Crippen LogP contribution in [0.4, 0.5) is 0 Å². The fourth-order valence-electron chi connectivity index (χ4n) is 2.35. The van der Waals surface area contributed by atoms with Gasteiger partial charge in [-0.3, -0.25) is 0 Å². The Morgan fingerprint density at radius 2 is 1.92 bits per heavy atom. The van der Waals surface area contributed by atoms with Gasteiger partial charge in [0.15, 0.2) is 11.5 Å². The van der Waals surface area contributed by atoms with Crippen molar-refractivity contribution in [3.05, 3.63) is 57.9 Å². The third kappa shape index (κ3) is 3.18. The molecule has 1 aliphatic heterocycles. The molecule has 4 rings (SSSR count). The molecular weight excluding hydrogens is 387 g/mol. The van der Waals surface area contributed by atoms with Gasteiger partial charge in [0.25, 0.3) is 5.89 Å². The summed E-state index contributed by atoms with van der Waals surface area (Å²) >= 11 is 18.6. The van der Waals surface area contributed by atoms with Crippen LogP contribution in [-0.2, 0) is 0 Å². The van der Waals surface area contributed by atoms with E-state index in [1.54, 1.807) is 30.3 Å². The molecule has 2 aromatic carbocycles. The highest BCUT2D eigenvalue weighted by atomic mass is 35.5. The minimum atomic E-state index is 0.140. The van der Waals surface area contributed by atoms with Crippen molar-refractivity contribution in [3.63, 3.8) is 0 Å². The number of ether oxygens (including phenoxy) is 2. The van der Waals surface area contributed by atoms with E-state index in [2.05, 4.69) is 10.1 Å². The standard InChI is InChI=1S/C17H9Cl3N2O3/c18-11-4-2-1-3-10(11)16-21-17(25-22-16)13(20)6-9-5-12(19)15-14(7-9)23-8-24-15/h1-7H,8H2/b13-6-. The smallest absolute Gasteiger partial charge is 0.269 e. The van der Waals surface area contributed by atoms with Crippen LogP contribution in [0, 0.1) is 0 Å². The molecule has 0 spiro atoms. The summed E-state index contributed by atoms with van der Waals surface area (Å²) in [6, 6.07) is 10.7. The van der Waals surface area contributed by atoms with Gasteiger partial charge in [-0.1, -0.05) is 52.1 Å². The van der Waals surface area contributed by atoms with E-state index < -0.39 is 0 Å². The van der Waals surface area contributed by atoms with Crippen LogP contribution in [0.3, 0.4) is 0 Å². The van der Waals surface area contributed by atoms with E-state index in [-0.39, 0.29) is 17.7 Å².